The van der Waals surface area contributed by atoms with Crippen LogP contribution in [0.3, 0.4) is 0 Å². The summed E-state index contributed by atoms with van der Waals surface area (Å²) in [6.45, 7) is 0.395. The molecule has 0 saturated carbocycles. The molecule has 1 heterocycles. The Bertz CT molecular complexity index is 646. The summed E-state index contributed by atoms with van der Waals surface area (Å²) in [6, 6.07) is 8.42. The topological polar surface area (TPSA) is 44.5 Å². The third-order valence-corrected chi connectivity index (χ3v) is 3.20. The van der Waals surface area contributed by atoms with Gasteiger partial charge in [0.1, 0.15) is 36.3 Å². The van der Waals surface area contributed by atoms with Gasteiger partial charge in [-0.05, 0) is 30.3 Å². The maximum Gasteiger partial charge on any atom is 0.130 e. The summed E-state index contributed by atoms with van der Waals surface area (Å²) in [5.74, 6) is 0.218. The molecular formula is C15H13F2NO2. The number of fused-ring (bicyclic) bond motifs is 1. The maximum absolute atomic E-state index is 13.5. The van der Waals surface area contributed by atoms with Crippen LogP contribution < -0.4 is 15.2 Å². The van der Waals surface area contributed by atoms with E-state index >= 15 is 0 Å². The Morgan fingerprint density at radius 3 is 2.90 bits per heavy atom. The van der Waals surface area contributed by atoms with Crippen molar-refractivity contribution >= 4 is 0 Å². The van der Waals surface area contributed by atoms with Crippen molar-refractivity contribution in [3.8, 4) is 11.5 Å². The largest absolute Gasteiger partial charge is 0.491 e. The van der Waals surface area contributed by atoms with E-state index in [0.717, 1.165) is 23.8 Å². The van der Waals surface area contributed by atoms with Crippen molar-refractivity contribution in [2.75, 3.05) is 6.61 Å². The Labute approximate surface area is 114 Å². The van der Waals surface area contributed by atoms with Crippen molar-refractivity contribution in [2.24, 2.45) is 5.73 Å². The summed E-state index contributed by atoms with van der Waals surface area (Å²) in [5, 5.41) is 0. The van der Waals surface area contributed by atoms with Crippen LogP contribution in [-0.4, -0.2) is 6.61 Å². The highest BCUT2D eigenvalue weighted by Gasteiger charge is 2.20. The van der Waals surface area contributed by atoms with Gasteiger partial charge in [0, 0.05) is 17.2 Å². The zero-order valence-corrected chi connectivity index (χ0v) is 10.6. The van der Waals surface area contributed by atoms with Gasteiger partial charge in [-0.1, -0.05) is 0 Å². The monoisotopic (exact) mass is 277 g/mol. The van der Waals surface area contributed by atoms with Crippen molar-refractivity contribution in [1.82, 2.24) is 0 Å². The van der Waals surface area contributed by atoms with Gasteiger partial charge in [0.15, 0.2) is 0 Å². The first-order valence-electron chi connectivity index (χ1n) is 6.22. The molecule has 0 radical (unpaired) electrons. The number of nitrogens with two attached hydrogens (primary N) is 1. The quantitative estimate of drug-likeness (QED) is 0.938. The molecule has 2 N–H and O–H groups in total. The molecule has 0 aliphatic carbocycles. The molecule has 1 aliphatic heterocycles. The molecule has 0 saturated heterocycles. The van der Waals surface area contributed by atoms with Gasteiger partial charge in [-0.2, -0.15) is 0 Å². The Morgan fingerprint density at radius 2 is 2.05 bits per heavy atom. The van der Waals surface area contributed by atoms with E-state index in [1.165, 1.54) is 0 Å². The number of hydrogen-bond donors (Lipinski definition) is 1. The molecule has 0 bridgehead atoms. The van der Waals surface area contributed by atoms with Crippen molar-refractivity contribution in [3.63, 3.8) is 0 Å². The van der Waals surface area contributed by atoms with Gasteiger partial charge in [-0.25, -0.2) is 8.78 Å². The van der Waals surface area contributed by atoms with E-state index in [1.54, 1.807) is 12.1 Å². The van der Waals surface area contributed by atoms with Crippen molar-refractivity contribution < 1.29 is 18.3 Å². The molecule has 1 unspecified atom stereocenters. The lowest BCUT2D eigenvalue weighted by Crippen LogP contribution is -2.10. The van der Waals surface area contributed by atoms with E-state index in [2.05, 4.69) is 0 Å². The van der Waals surface area contributed by atoms with Crippen LogP contribution in [0.25, 0.3) is 0 Å². The third kappa shape index (κ3) is 2.44. The predicted molar refractivity (Wildman–Crippen MR) is 69.6 cm³/mol. The average Bonchev–Trinajstić information content (AvgIpc) is 2.81. The first-order valence-corrected chi connectivity index (χ1v) is 6.22. The molecule has 2 aromatic rings. The Hall–Kier alpha value is -2.14. The molecule has 1 atom stereocenters. The smallest absolute Gasteiger partial charge is 0.130 e. The number of benzene rings is 2. The van der Waals surface area contributed by atoms with Gasteiger partial charge in [0.05, 0.1) is 6.04 Å². The summed E-state index contributed by atoms with van der Waals surface area (Å²) < 4.78 is 37.4. The Morgan fingerprint density at radius 1 is 1.20 bits per heavy atom. The van der Waals surface area contributed by atoms with Crippen LogP contribution in [0, 0.1) is 11.6 Å². The predicted octanol–water partition coefficient (Wildman–Crippen LogP) is 2.94. The lowest BCUT2D eigenvalue weighted by atomic mass is 10.1. The molecule has 0 amide bonds. The minimum Gasteiger partial charge on any atom is -0.491 e. The van der Waals surface area contributed by atoms with Crippen LogP contribution in [0.15, 0.2) is 36.4 Å². The Balaban J connectivity index is 1.74. The number of halogens is 2. The van der Waals surface area contributed by atoms with Gasteiger partial charge in [-0.3, -0.25) is 0 Å². The third-order valence-electron chi connectivity index (χ3n) is 3.20. The van der Waals surface area contributed by atoms with Crippen LogP contribution in [0.4, 0.5) is 8.78 Å². The Kier molecular flexibility index (Phi) is 3.28. The minimum atomic E-state index is -0.495. The van der Waals surface area contributed by atoms with E-state index in [4.69, 9.17) is 15.2 Å². The molecule has 1 aliphatic rings. The highest BCUT2D eigenvalue weighted by molar-refractivity contribution is 5.44. The maximum atomic E-state index is 13.5. The fraction of sp³-hybridized carbons (Fsp3) is 0.200. The molecule has 2 aromatic carbocycles. The van der Waals surface area contributed by atoms with Gasteiger partial charge < -0.3 is 15.2 Å². The second-order valence-corrected chi connectivity index (χ2v) is 4.64. The first kappa shape index (κ1) is 12.9. The highest BCUT2D eigenvalue weighted by atomic mass is 19.1. The van der Waals surface area contributed by atoms with E-state index in [1.807, 2.05) is 6.07 Å². The van der Waals surface area contributed by atoms with Gasteiger partial charge >= 0.3 is 0 Å². The molecule has 104 valence electrons. The zero-order valence-electron chi connectivity index (χ0n) is 10.6. The molecule has 5 heteroatoms. The second-order valence-electron chi connectivity index (χ2n) is 4.64. The van der Waals surface area contributed by atoms with Crippen LogP contribution in [0.1, 0.15) is 17.2 Å². The number of hydrogen-bond acceptors (Lipinski definition) is 3. The van der Waals surface area contributed by atoms with Gasteiger partial charge in [0.2, 0.25) is 0 Å². The van der Waals surface area contributed by atoms with Crippen molar-refractivity contribution in [1.29, 1.82) is 0 Å². The fourth-order valence-electron chi connectivity index (χ4n) is 2.12. The van der Waals surface area contributed by atoms with Gasteiger partial charge in [-0.15, -0.1) is 0 Å². The van der Waals surface area contributed by atoms with E-state index < -0.39 is 11.6 Å². The second kappa shape index (κ2) is 5.09. The lowest BCUT2D eigenvalue weighted by Gasteiger charge is -2.09. The zero-order chi connectivity index (χ0) is 14.1. The van der Waals surface area contributed by atoms with Crippen molar-refractivity contribution in [3.05, 3.63) is 59.2 Å². The average molecular weight is 277 g/mol. The summed E-state index contributed by atoms with van der Waals surface area (Å²) in [6.07, 6.45) is 0. The molecule has 3 rings (SSSR count). The summed E-state index contributed by atoms with van der Waals surface area (Å²) in [4.78, 5) is 0. The highest BCUT2D eigenvalue weighted by Crippen LogP contribution is 2.34. The van der Waals surface area contributed by atoms with E-state index in [9.17, 15) is 8.78 Å². The molecule has 0 spiro atoms. The molecule has 0 fully saturated rings. The molecular weight excluding hydrogens is 264 g/mol. The van der Waals surface area contributed by atoms with E-state index in [-0.39, 0.29) is 18.2 Å². The van der Waals surface area contributed by atoms with Crippen molar-refractivity contribution in [2.45, 2.75) is 12.6 Å². The van der Waals surface area contributed by atoms with Gasteiger partial charge in [0.25, 0.3) is 0 Å². The SMILES string of the molecule is NC1COc2cc(OCc3cc(F)ccc3F)ccc21. The minimum absolute atomic E-state index is 0.0472. The summed E-state index contributed by atoms with van der Waals surface area (Å²) in [7, 11) is 0. The normalized spacial score (nSPS) is 16.6. The lowest BCUT2D eigenvalue weighted by molar-refractivity contribution is 0.295. The standard InChI is InChI=1S/C15H13F2NO2/c16-10-1-4-13(17)9(5-10)7-19-11-2-3-12-14(18)8-20-15(12)6-11/h1-6,14H,7-8,18H2. The summed E-state index contributed by atoms with van der Waals surface area (Å²) in [5.41, 5.74) is 6.94. The van der Waals surface area contributed by atoms with Crippen LogP contribution in [0.5, 0.6) is 11.5 Å². The number of rotatable bonds is 3. The summed E-state index contributed by atoms with van der Waals surface area (Å²) >= 11 is 0. The molecule has 0 aromatic heterocycles. The molecule has 20 heavy (non-hydrogen) atoms. The van der Waals surface area contributed by atoms with Crippen LogP contribution >= 0.6 is 0 Å². The fourth-order valence-corrected chi connectivity index (χ4v) is 2.12. The first-order chi connectivity index (χ1) is 9.63. The van der Waals surface area contributed by atoms with Crippen LogP contribution in [-0.2, 0) is 6.61 Å². The molecule has 3 nitrogen and oxygen atoms in total. The number of ether oxygens (including phenoxy) is 2. The van der Waals surface area contributed by atoms with Crippen LogP contribution in [0.2, 0.25) is 0 Å². The van der Waals surface area contributed by atoms with E-state index in [0.29, 0.717) is 18.1 Å².